The van der Waals surface area contributed by atoms with Gasteiger partial charge in [-0.15, -0.1) is 0 Å². The number of morpholine rings is 1. The van der Waals surface area contributed by atoms with Gasteiger partial charge < -0.3 is 15.2 Å². The maximum Gasteiger partial charge on any atom is 0.119 e. The molecule has 0 aliphatic carbocycles. The van der Waals surface area contributed by atoms with Crippen LogP contribution in [0, 0.1) is 0 Å². The van der Waals surface area contributed by atoms with E-state index in [9.17, 15) is 0 Å². The molecule has 1 aliphatic heterocycles. The summed E-state index contributed by atoms with van der Waals surface area (Å²) in [7, 11) is 0. The minimum absolute atomic E-state index is 0.189. The number of hydrogen-bond acceptors (Lipinski definition) is 4. The van der Waals surface area contributed by atoms with Crippen molar-refractivity contribution in [3.63, 3.8) is 0 Å². The zero-order chi connectivity index (χ0) is 14.6. The van der Waals surface area contributed by atoms with Gasteiger partial charge in [0.15, 0.2) is 0 Å². The van der Waals surface area contributed by atoms with E-state index in [4.69, 9.17) is 15.2 Å². The Bertz CT molecular complexity index is 426. The van der Waals surface area contributed by atoms with Gasteiger partial charge in [-0.05, 0) is 38.5 Å². The average Bonchev–Trinajstić information content (AvgIpc) is 2.39. The minimum atomic E-state index is -0.347. The lowest BCUT2D eigenvalue weighted by atomic mass is 9.99. The van der Waals surface area contributed by atoms with Crippen LogP contribution in [0.15, 0.2) is 24.3 Å². The Morgan fingerprint density at radius 2 is 2.05 bits per heavy atom. The third-order valence-electron chi connectivity index (χ3n) is 3.57. The van der Waals surface area contributed by atoms with Crippen molar-refractivity contribution in [1.29, 1.82) is 0 Å². The molecule has 1 aromatic carbocycles. The Hall–Kier alpha value is -1.10. The molecule has 0 bridgehead atoms. The molecule has 1 heterocycles. The number of hydrogen-bond donors (Lipinski definition) is 1. The molecule has 112 valence electrons. The number of rotatable bonds is 5. The smallest absolute Gasteiger partial charge is 0.119 e. The van der Waals surface area contributed by atoms with Gasteiger partial charge in [-0.3, -0.25) is 4.90 Å². The molecule has 20 heavy (non-hydrogen) atoms. The molecule has 1 saturated heterocycles. The average molecular weight is 278 g/mol. The molecule has 1 fully saturated rings. The maximum atomic E-state index is 6.50. The van der Waals surface area contributed by atoms with Gasteiger partial charge in [0.1, 0.15) is 5.75 Å². The molecule has 2 N–H and O–H groups in total. The zero-order valence-electron chi connectivity index (χ0n) is 12.8. The minimum Gasteiger partial charge on any atom is -0.491 e. The van der Waals surface area contributed by atoms with Gasteiger partial charge in [-0.2, -0.15) is 0 Å². The quantitative estimate of drug-likeness (QED) is 0.895. The van der Waals surface area contributed by atoms with E-state index in [-0.39, 0.29) is 11.8 Å². The first-order chi connectivity index (χ1) is 9.47. The molecule has 4 heteroatoms. The summed E-state index contributed by atoms with van der Waals surface area (Å²) in [5.41, 5.74) is 7.37. The largest absolute Gasteiger partial charge is 0.491 e. The summed E-state index contributed by atoms with van der Waals surface area (Å²) in [6.07, 6.45) is 0.996. The highest BCUT2D eigenvalue weighted by atomic mass is 16.5. The fourth-order valence-corrected chi connectivity index (χ4v) is 2.60. The highest BCUT2D eigenvalue weighted by molar-refractivity contribution is 5.29. The monoisotopic (exact) mass is 278 g/mol. The van der Waals surface area contributed by atoms with Gasteiger partial charge in [-0.1, -0.05) is 12.1 Å². The van der Waals surface area contributed by atoms with E-state index in [0.717, 1.165) is 38.5 Å². The van der Waals surface area contributed by atoms with Crippen LogP contribution in [0.1, 0.15) is 26.3 Å². The Morgan fingerprint density at radius 3 is 2.70 bits per heavy atom. The fourth-order valence-electron chi connectivity index (χ4n) is 2.60. The summed E-state index contributed by atoms with van der Waals surface area (Å²) >= 11 is 0. The van der Waals surface area contributed by atoms with Crippen LogP contribution in [0.5, 0.6) is 5.75 Å². The zero-order valence-corrected chi connectivity index (χ0v) is 12.8. The molecule has 1 aromatic rings. The Kier molecular flexibility index (Phi) is 5.02. The van der Waals surface area contributed by atoms with Crippen LogP contribution in [-0.2, 0) is 11.2 Å². The Labute approximate surface area is 121 Å². The van der Waals surface area contributed by atoms with E-state index >= 15 is 0 Å². The molecule has 2 rings (SSSR count). The summed E-state index contributed by atoms with van der Waals surface area (Å²) in [5, 5.41) is 0. The second-order valence-electron chi connectivity index (χ2n) is 5.95. The third kappa shape index (κ3) is 4.20. The SMILES string of the molecule is CC(C)Oc1cccc(CC(C)(N)N2CCOCC2)c1. The molecule has 0 radical (unpaired) electrons. The molecule has 1 atom stereocenters. The summed E-state index contributed by atoms with van der Waals surface area (Å²) in [4.78, 5) is 2.30. The van der Waals surface area contributed by atoms with Crippen molar-refractivity contribution in [3.8, 4) is 5.75 Å². The fraction of sp³-hybridized carbons (Fsp3) is 0.625. The van der Waals surface area contributed by atoms with Crippen molar-refractivity contribution in [3.05, 3.63) is 29.8 Å². The second-order valence-corrected chi connectivity index (χ2v) is 5.95. The Balaban J connectivity index is 2.04. The van der Waals surface area contributed by atoms with Gasteiger partial charge in [-0.25, -0.2) is 0 Å². The van der Waals surface area contributed by atoms with Gasteiger partial charge in [0.2, 0.25) is 0 Å². The molecular formula is C16H26N2O2. The molecular weight excluding hydrogens is 252 g/mol. The summed E-state index contributed by atoms with van der Waals surface area (Å²) < 4.78 is 11.1. The summed E-state index contributed by atoms with van der Waals surface area (Å²) in [6.45, 7) is 9.49. The molecule has 1 aliphatic rings. The van der Waals surface area contributed by atoms with Crippen molar-refractivity contribution in [1.82, 2.24) is 4.90 Å². The predicted molar refractivity (Wildman–Crippen MR) is 80.9 cm³/mol. The molecule has 1 unspecified atom stereocenters. The number of nitrogens with two attached hydrogens (primary N) is 1. The molecule has 0 aromatic heterocycles. The summed E-state index contributed by atoms with van der Waals surface area (Å²) in [6, 6.07) is 8.22. The van der Waals surface area contributed by atoms with Gasteiger partial charge >= 0.3 is 0 Å². The number of ether oxygens (including phenoxy) is 2. The van der Waals surface area contributed by atoms with Crippen LogP contribution < -0.4 is 10.5 Å². The van der Waals surface area contributed by atoms with E-state index in [2.05, 4.69) is 24.0 Å². The molecule has 0 spiro atoms. The third-order valence-corrected chi connectivity index (χ3v) is 3.57. The van der Waals surface area contributed by atoms with E-state index in [0.29, 0.717) is 0 Å². The highest BCUT2D eigenvalue weighted by Gasteiger charge is 2.29. The number of benzene rings is 1. The van der Waals surface area contributed by atoms with Crippen LogP contribution in [-0.4, -0.2) is 43.0 Å². The van der Waals surface area contributed by atoms with E-state index in [1.807, 2.05) is 26.0 Å². The molecule has 4 nitrogen and oxygen atoms in total. The van der Waals surface area contributed by atoms with Crippen molar-refractivity contribution in [2.75, 3.05) is 26.3 Å². The maximum absolute atomic E-state index is 6.50. The van der Waals surface area contributed by atoms with Crippen molar-refractivity contribution < 1.29 is 9.47 Å². The first kappa shape index (κ1) is 15.3. The van der Waals surface area contributed by atoms with E-state index in [1.165, 1.54) is 5.56 Å². The topological polar surface area (TPSA) is 47.7 Å². The second kappa shape index (κ2) is 6.57. The van der Waals surface area contributed by atoms with Crippen LogP contribution in [0.2, 0.25) is 0 Å². The van der Waals surface area contributed by atoms with Gasteiger partial charge in [0.25, 0.3) is 0 Å². The molecule has 0 amide bonds. The van der Waals surface area contributed by atoms with E-state index in [1.54, 1.807) is 0 Å². The van der Waals surface area contributed by atoms with E-state index < -0.39 is 0 Å². The highest BCUT2D eigenvalue weighted by Crippen LogP contribution is 2.21. The van der Waals surface area contributed by atoms with Crippen LogP contribution in [0.3, 0.4) is 0 Å². The van der Waals surface area contributed by atoms with Crippen LogP contribution in [0.4, 0.5) is 0 Å². The van der Waals surface area contributed by atoms with Gasteiger partial charge in [0.05, 0.1) is 25.0 Å². The van der Waals surface area contributed by atoms with Gasteiger partial charge in [0, 0.05) is 19.5 Å². The normalized spacial score (nSPS) is 19.9. The standard InChI is InChI=1S/C16H26N2O2/c1-13(2)20-15-6-4-5-14(11-15)12-16(3,17)18-7-9-19-10-8-18/h4-6,11,13H,7-10,12,17H2,1-3H3. The number of nitrogens with zero attached hydrogens (tertiary/aromatic N) is 1. The van der Waals surface area contributed by atoms with Crippen LogP contribution >= 0.6 is 0 Å². The van der Waals surface area contributed by atoms with Crippen molar-refractivity contribution in [2.45, 2.75) is 39.0 Å². The van der Waals surface area contributed by atoms with Crippen LogP contribution in [0.25, 0.3) is 0 Å². The first-order valence-electron chi connectivity index (χ1n) is 7.35. The predicted octanol–water partition coefficient (Wildman–Crippen LogP) is 2.02. The lowest BCUT2D eigenvalue weighted by Gasteiger charge is -2.40. The lowest BCUT2D eigenvalue weighted by Crippen LogP contribution is -2.58. The first-order valence-corrected chi connectivity index (χ1v) is 7.35. The lowest BCUT2D eigenvalue weighted by molar-refractivity contribution is -0.0142. The van der Waals surface area contributed by atoms with Crippen molar-refractivity contribution in [2.24, 2.45) is 5.73 Å². The Morgan fingerprint density at radius 1 is 1.35 bits per heavy atom. The molecule has 0 saturated carbocycles. The summed E-state index contributed by atoms with van der Waals surface area (Å²) in [5.74, 6) is 0.912. The van der Waals surface area contributed by atoms with Crippen molar-refractivity contribution >= 4 is 0 Å².